The van der Waals surface area contributed by atoms with Gasteiger partial charge in [0, 0.05) is 27.7 Å². The number of rotatable bonds is 0. The average molecular weight is 216 g/mol. The van der Waals surface area contributed by atoms with E-state index in [4.69, 9.17) is 6.42 Å². The van der Waals surface area contributed by atoms with Crippen molar-refractivity contribution < 1.29 is 4.55 Å². The first-order chi connectivity index (χ1) is 7.04. The summed E-state index contributed by atoms with van der Waals surface area (Å²) in [5, 5.41) is 1.75. The Hall–Kier alpha value is -1.17. The van der Waals surface area contributed by atoms with Crippen LogP contribution in [0.15, 0.2) is 34.6 Å². The first-order valence-corrected chi connectivity index (χ1v) is 5.97. The average Bonchev–Trinajstić information content (AvgIpc) is 2.24. The predicted octanol–water partition coefficient (Wildman–Crippen LogP) is 2.58. The van der Waals surface area contributed by atoms with Crippen LogP contribution in [0.5, 0.6) is 0 Å². The third-order valence-corrected chi connectivity index (χ3v) is 3.84. The highest BCUT2D eigenvalue weighted by Crippen LogP contribution is 2.36. The Morgan fingerprint density at radius 1 is 1.40 bits per heavy atom. The van der Waals surface area contributed by atoms with Gasteiger partial charge in [-0.3, -0.25) is 0 Å². The van der Waals surface area contributed by atoms with Crippen LogP contribution in [0.3, 0.4) is 0 Å². The molecule has 0 spiro atoms. The van der Waals surface area contributed by atoms with E-state index in [2.05, 4.69) is 19.8 Å². The quantitative estimate of drug-likeness (QED) is 0.483. The molecular weight excluding hydrogens is 204 g/mol. The van der Waals surface area contributed by atoms with Crippen molar-refractivity contribution in [3.05, 3.63) is 40.8 Å². The molecule has 2 heteroatoms. The smallest absolute Gasteiger partial charge is 0.161 e. The summed E-state index contributed by atoms with van der Waals surface area (Å²) in [7, 11) is 0. The Morgan fingerprint density at radius 2 is 2.13 bits per heavy atom. The number of benzene rings is 1. The van der Waals surface area contributed by atoms with Crippen LogP contribution in [0.25, 0.3) is 0 Å². The molecule has 1 heterocycles. The molecule has 1 aromatic rings. The summed E-state index contributed by atoms with van der Waals surface area (Å²) in [6.07, 6.45) is 7.34. The van der Waals surface area contributed by atoms with Gasteiger partial charge in [-0.05, 0) is 24.3 Å². The van der Waals surface area contributed by atoms with Crippen LogP contribution in [0.2, 0.25) is 0 Å². The number of fused-ring (bicyclic) bond motifs is 1. The molecule has 1 nitrogen and oxygen atoms in total. The fourth-order valence-electron chi connectivity index (χ4n) is 1.69. The highest BCUT2D eigenvalue weighted by atomic mass is 32.2. The third kappa shape index (κ3) is 1.69. The van der Waals surface area contributed by atoms with Gasteiger partial charge in [0.1, 0.15) is 5.41 Å². The van der Waals surface area contributed by atoms with Gasteiger partial charge >= 0.3 is 0 Å². The van der Waals surface area contributed by atoms with E-state index in [-0.39, 0.29) is 5.41 Å². The molecule has 0 aromatic heterocycles. The van der Waals surface area contributed by atoms with Crippen LogP contribution >= 0.6 is 0 Å². The van der Waals surface area contributed by atoms with E-state index in [0.717, 1.165) is 16.0 Å². The molecule has 1 aliphatic rings. The van der Waals surface area contributed by atoms with Gasteiger partial charge in [-0.15, -0.1) is 6.42 Å². The van der Waals surface area contributed by atoms with Crippen LogP contribution in [0, 0.1) is 12.3 Å². The van der Waals surface area contributed by atoms with Crippen LogP contribution in [0.4, 0.5) is 0 Å². The Balaban J connectivity index is 2.64. The molecule has 0 aliphatic carbocycles. The second-order valence-corrected chi connectivity index (χ2v) is 5.48. The SMILES string of the molecule is C#Cc1ccc2c(c1)C(C)(C)C=C[S+]2[O-]. The maximum Gasteiger partial charge on any atom is 0.161 e. The normalized spacial score (nSPS) is 21.9. The molecule has 15 heavy (non-hydrogen) atoms. The van der Waals surface area contributed by atoms with Crippen molar-refractivity contribution in [1.82, 2.24) is 0 Å². The van der Waals surface area contributed by atoms with Gasteiger partial charge in [0.05, 0.1) is 0 Å². The molecule has 1 atom stereocenters. The standard InChI is InChI=1S/C13H12OS/c1-4-10-5-6-12-11(9-10)13(2,3)7-8-15(12)14/h1,5-9H,2-3H3. The van der Waals surface area contributed by atoms with Crippen molar-refractivity contribution in [2.45, 2.75) is 24.2 Å². The van der Waals surface area contributed by atoms with Crippen molar-refractivity contribution >= 4 is 11.2 Å². The van der Waals surface area contributed by atoms with Crippen molar-refractivity contribution in [3.63, 3.8) is 0 Å². The lowest BCUT2D eigenvalue weighted by Gasteiger charge is -2.27. The second-order valence-electron chi connectivity index (χ2n) is 4.18. The maximum absolute atomic E-state index is 11.7. The zero-order valence-electron chi connectivity index (χ0n) is 8.78. The second kappa shape index (κ2) is 3.44. The minimum absolute atomic E-state index is 0.0872. The van der Waals surface area contributed by atoms with Crippen molar-refractivity contribution in [2.75, 3.05) is 0 Å². The largest absolute Gasteiger partial charge is 0.607 e. The molecule has 2 rings (SSSR count). The van der Waals surface area contributed by atoms with E-state index < -0.39 is 11.2 Å². The summed E-state index contributed by atoms with van der Waals surface area (Å²) in [4.78, 5) is 0.876. The lowest BCUT2D eigenvalue weighted by atomic mass is 9.84. The fraction of sp³-hybridized carbons (Fsp3) is 0.231. The van der Waals surface area contributed by atoms with Gasteiger partial charge in [0.25, 0.3) is 0 Å². The monoisotopic (exact) mass is 216 g/mol. The minimum atomic E-state index is -1.02. The Bertz CT molecular complexity index is 466. The van der Waals surface area contributed by atoms with E-state index >= 15 is 0 Å². The molecular formula is C13H12OS. The maximum atomic E-state index is 11.7. The van der Waals surface area contributed by atoms with Gasteiger partial charge in [-0.25, -0.2) is 0 Å². The highest BCUT2D eigenvalue weighted by Gasteiger charge is 2.30. The van der Waals surface area contributed by atoms with Crippen LogP contribution in [0.1, 0.15) is 25.0 Å². The zero-order chi connectivity index (χ0) is 11.1. The zero-order valence-corrected chi connectivity index (χ0v) is 9.60. The molecule has 0 fully saturated rings. The summed E-state index contributed by atoms with van der Waals surface area (Å²) >= 11 is -1.02. The Labute approximate surface area is 93.4 Å². The van der Waals surface area contributed by atoms with Crippen LogP contribution in [-0.4, -0.2) is 4.55 Å². The summed E-state index contributed by atoms with van der Waals surface area (Å²) < 4.78 is 11.7. The molecule has 1 unspecified atom stereocenters. The third-order valence-electron chi connectivity index (χ3n) is 2.67. The summed E-state index contributed by atoms with van der Waals surface area (Å²) in [5.74, 6) is 2.61. The molecule has 0 amide bonds. The van der Waals surface area contributed by atoms with E-state index in [0.29, 0.717) is 0 Å². The molecule has 0 saturated heterocycles. The predicted molar refractivity (Wildman–Crippen MR) is 63.0 cm³/mol. The molecule has 0 radical (unpaired) electrons. The van der Waals surface area contributed by atoms with Gasteiger partial charge in [0.2, 0.25) is 0 Å². The van der Waals surface area contributed by atoms with Crippen molar-refractivity contribution in [2.24, 2.45) is 0 Å². The Kier molecular flexibility index (Phi) is 2.38. The first kappa shape index (κ1) is 10.4. The van der Waals surface area contributed by atoms with Gasteiger partial charge in [-0.1, -0.05) is 19.8 Å². The Morgan fingerprint density at radius 3 is 2.80 bits per heavy atom. The van der Waals surface area contributed by atoms with Crippen LogP contribution < -0.4 is 0 Å². The molecule has 0 N–H and O–H groups in total. The van der Waals surface area contributed by atoms with Gasteiger partial charge < -0.3 is 4.55 Å². The van der Waals surface area contributed by atoms with E-state index in [9.17, 15) is 4.55 Å². The number of hydrogen-bond acceptors (Lipinski definition) is 1. The topological polar surface area (TPSA) is 23.1 Å². The minimum Gasteiger partial charge on any atom is -0.607 e. The fourth-order valence-corrected chi connectivity index (χ4v) is 3.05. The van der Waals surface area contributed by atoms with E-state index in [1.165, 1.54) is 0 Å². The number of allylic oxidation sites excluding steroid dienone is 1. The summed E-state index contributed by atoms with van der Waals surface area (Å²) in [5.41, 5.74) is 1.82. The lowest BCUT2D eigenvalue weighted by Crippen LogP contribution is -2.22. The lowest BCUT2D eigenvalue weighted by molar-refractivity contribution is 0.586. The molecule has 0 saturated carbocycles. The van der Waals surface area contributed by atoms with Crippen molar-refractivity contribution in [1.29, 1.82) is 0 Å². The van der Waals surface area contributed by atoms with Gasteiger partial charge in [-0.2, -0.15) is 0 Å². The van der Waals surface area contributed by atoms with E-state index in [1.54, 1.807) is 5.41 Å². The molecule has 1 aromatic carbocycles. The van der Waals surface area contributed by atoms with Crippen molar-refractivity contribution in [3.8, 4) is 12.3 Å². The highest BCUT2D eigenvalue weighted by molar-refractivity contribution is 7.94. The number of terminal acetylenes is 1. The molecule has 1 aliphatic heterocycles. The van der Waals surface area contributed by atoms with E-state index in [1.807, 2.05) is 24.3 Å². The summed E-state index contributed by atoms with van der Waals surface area (Å²) in [6, 6.07) is 5.66. The summed E-state index contributed by atoms with van der Waals surface area (Å²) in [6.45, 7) is 4.19. The first-order valence-electron chi connectivity index (χ1n) is 4.76. The number of hydrogen-bond donors (Lipinski definition) is 0. The van der Waals surface area contributed by atoms with Crippen LogP contribution in [-0.2, 0) is 16.6 Å². The van der Waals surface area contributed by atoms with Gasteiger partial charge in [0.15, 0.2) is 4.90 Å². The molecule has 76 valence electrons. The molecule has 0 bridgehead atoms.